The molecule has 214 valence electrons. The quantitative estimate of drug-likeness (QED) is 0.271. The Morgan fingerprint density at radius 2 is 1.78 bits per heavy atom. The second kappa shape index (κ2) is 12.4. The molecule has 0 fully saturated rings. The summed E-state index contributed by atoms with van der Waals surface area (Å²) in [5.74, 6) is -2.37. The van der Waals surface area contributed by atoms with Gasteiger partial charge in [-0.15, -0.1) is 0 Å². The molecule has 13 heteroatoms. The van der Waals surface area contributed by atoms with Crippen molar-refractivity contribution in [3.63, 3.8) is 0 Å². The Labute approximate surface area is 235 Å². The van der Waals surface area contributed by atoms with E-state index in [0.29, 0.717) is 6.54 Å². The van der Waals surface area contributed by atoms with Gasteiger partial charge in [-0.2, -0.15) is 9.55 Å². The Kier molecular flexibility index (Phi) is 8.75. The number of aromatic nitrogens is 3. The summed E-state index contributed by atoms with van der Waals surface area (Å²) in [6, 6.07) is 12.0. The van der Waals surface area contributed by atoms with Gasteiger partial charge in [0.05, 0.1) is 6.04 Å². The van der Waals surface area contributed by atoms with Gasteiger partial charge in [-0.3, -0.25) is 39.2 Å². The summed E-state index contributed by atoms with van der Waals surface area (Å²) < 4.78 is 12.7. The molecular weight excluding hydrogens is 532 g/mol. The normalized spacial score (nSPS) is 15.5. The Hall–Kier alpha value is -5.07. The van der Waals surface area contributed by atoms with Gasteiger partial charge in [0.15, 0.2) is 36.5 Å². The zero-order chi connectivity index (χ0) is 29.7. The molecule has 4 rings (SSSR count). The van der Waals surface area contributed by atoms with Crippen LogP contribution in [0.2, 0.25) is 0 Å². The van der Waals surface area contributed by atoms with Crippen LogP contribution in [0.1, 0.15) is 43.6 Å². The standard InChI is InChI=1S/C28H30N6O7/c1-16(40-18(3)36)24(41-19(4)37)22-13-29-25-23(26(38)32-28(31-25)30-17(2)35)34(22)27(39)21-11-8-12-33(15-21)14-20-9-6-5-7-10-20/h5-12,15-16,22,24H,13-14H2,1-4H3,(H2-,29,30,31,32,35,38)/p+1. The van der Waals surface area contributed by atoms with Gasteiger partial charge in [0.25, 0.3) is 11.5 Å². The Balaban J connectivity index is 1.81. The molecule has 0 spiro atoms. The van der Waals surface area contributed by atoms with Gasteiger partial charge in [0.1, 0.15) is 11.7 Å². The second-order valence-corrected chi connectivity index (χ2v) is 9.56. The number of esters is 2. The summed E-state index contributed by atoms with van der Waals surface area (Å²) in [7, 11) is 0. The van der Waals surface area contributed by atoms with Gasteiger partial charge in [-0.25, -0.2) is 0 Å². The highest BCUT2D eigenvalue weighted by Gasteiger charge is 2.44. The highest BCUT2D eigenvalue weighted by molar-refractivity contribution is 6.08. The molecule has 3 aromatic rings. The number of fused-ring (bicyclic) bond motifs is 1. The molecule has 0 saturated heterocycles. The molecule has 1 aliphatic rings. The summed E-state index contributed by atoms with van der Waals surface area (Å²) in [6.45, 7) is 5.68. The first-order valence-electron chi connectivity index (χ1n) is 12.9. The summed E-state index contributed by atoms with van der Waals surface area (Å²) in [5.41, 5.74) is 0.391. The second-order valence-electron chi connectivity index (χ2n) is 9.56. The van der Waals surface area contributed by atoms with Crippen LogP contribution in [0.5, 0.6) is 0 Å². The van der Waals surface area contributed by atoms with Crippen molar-refractivity contribution in [3.05, 3.63) is 76.3 Å². The van der Waals surface area contributed by atoms with Crippen molar-refractivity contribution in [2.24, 2.45) is 0 Å². The summed E-state index contributed by atoms with van der Waals surface area (Å²) in [6.07, 6.45) is 1.35. The molecule has 2 aromatic heterocycles. The molecule has 3 unspecified atom stereocenters. The minimum atomic E-state index is -1.14. The molecule has 3 N–H and O–H groups in total. The van der Waals surface area contributed by atoms with Crippen molar-refractivity contribution in [2.75, 3.05) is 22.1 Å². The predicted molar refractivity (Wildman–Crippen MR) is 147 cm³/mol. The van der Waals surface area contributed by atoms with Crippen LogP contribution in [-0.2, 0) is 30.4 Å². The van der Waals surface area contributed by atoms with Crippen LogP contribution >= 0.6 is 0 Å². The van der Waals surface area contributed by atoms with Crippen molar-refractivity contribution in [3.8, 4) is 0 Å². The fourth-order valence-corrected chi connectivity index (χ4v) is 4.70. The van der Waals surface area contributed by atoms with E-state index in [9.17, 15) is 24.0 Å². The largest absolute Gasteiger partial charge is 0.459 e. The van der Waals surface area contributed by atoms with E-state index < -0.39 is 47.6 Å². The van der Waals surface area contributed by atoms with E-state index in [1.165, 1.54) is 32.6 Å². The third kappa shape index (κ3) is 6.93. The number of hydrogen-bond donors (Lipinski definition) is 3. The Morgan fingerprint density at radius 1 is 1.07 bits per heavy atom. The molecule has 41 heavy (non-hydrogen) atoms. The maximum absolute atomic E-state index is 14.2. The number of nitrogens with zero attached hydrogens (tertiary/aromatic N) is 3. The van der Waals surface area contributed by atoms with Crippen LogP contribution < -0.4 is 25.7 Å². The summed E-state index contributed by atoms with van der Waals surface area (Å²) in [4.78, 5) is 71.0. The van der Waals surface area contributed by atoms with Gasteiger partial charge in [0.2, 0.25) is 11.9 Å². The van der Waals surface area contributed by atoms with Gasteiger partial charge in [-0.1, -0.05) is 30.3 Å². The number of carbonyl (C=O) groups is 4. The molecule has 1 aliphatic heterocycles. The molecular formula is C28H31N6O7+. The van der Waals surface area contributed by atoms with E-state index in [1.807, 2.05) is 41.1 Å². The zero-order valence-corrected chi connectivity index (χ0v) is 23.0. The number of ether oxygens (including phenoxy) is 2. The third-order valence-corrected chi connectivity index (χ3v) is 6.27. The lowest BCUT2D eigenvalue weighted by molar-refractivity contribution is -0.688. The predicted octanol–water partition coefficient (Wildman–Crippen LogP) is 1.39. The fourth-order valence-electron chi connectivity index (χ4n) is 4.70. The molecule has 0 bridgehead atoms. The van der Waals surface area contributed by atoms with Gasteiger partial charge in [-0.05, 0) is 13.0 Å². The zero-order valence-electron chi connectivity index (χ0n) is 23.0. The number of H-pyrrole nitrogens is 1. The van der Waals surface area contributed by atoms with Gasteiger partial charge in [0, 0.05) is 38.9 Å². The van der Waals surface area contributed by atoms with Crippen molar-refractivity contribution >= 4 is 41.2 Å². The highest BCUT2D eigenvalue weighted by atomic mass is 16.6. The topological polar surface area (TPSA) is 164 Å². The molecule has 2 amide bonds. The third-order valence-electron chi connectivity index (χ3n) is 6.27. The summed E-state index contributed by atoms with van der Waals surface area (Å²) in [5, 5.41) is 5.42. The molecule has 3 atom stereocenters. The minimum Gasteiger partial charge on any atom is -0.459 e. The van der Waals surface area contributed by atoms with Gasteiger partial charge >= 0.3 is 11.9 Å². The monoisotopic (exact) mass is 563 g/mol. The van der Waals surface area contributed by atoms with Crippen molar-refractivity contribution in [1.29, 1.82) is 0 Å². The van der Waals surface area contributed by atoms with E-state index in [4.69, 9.17) is 9.47 Å². The average Bonchev–Trinajstić information content (AvgIpc) is 2.90. The lowest BCUT2D eigenvalue weighted by atomic mass is 10.00. The fraction of sp³-hybridized carbons (Fsp3) is 0.321. The van der Waals surface area contributed by atoms with Crippen LogP contribution in [0.15, 0.2) is 59.7 Å². The molecule has 13 nitrogen and oxygen atoms in total. The van der Waals surface area contributed by atoms with Crippen LogP contribution in [0, 0.1) is 0 Å². The summed E-state index contributed by atoms with van der Waals surface area (Å²) >= 11 is 0. The number of carbonyl (C=O) groups excluding carboxylic acids is 4. The maximum atomic E-state index is 14.2. The molecule has 0 saturated carbocycles. The van der Waals surface area contributed by atoms with Crippen molar-refractivity contribution in [1.82, 2.24) is 9.97 Å². The smallest absolute Gasteiger partial charge is 0.303 e. The van der Waals surface area contributed by atoms with E-state index in [2.05, 4.69) is 20.6 Å². The highest BCUT2D eigenvalue weighted by Crippen LogP contribution is 2.31. The first-order chi connectivity index (χ1) is 19.5. The van der Waals surface area contributed by atoms with Crippen molar-refractivity contribution < 1.29 is 33.2 Å². The molecule has 0 aliphatic carbocycles. The van der Waals surface area contributed by atoms with E-state index in [-0.39, 0.29) is 29.6 Å². The number of hydrogen-bond acceptors (Lipinski definition) is 9. The molecule has 1 aromatic carbocycles. The van der Waals surface area contributed by atoms with E-state index in [1.54, 1.807) is 18.3 Å². The number of aromatic amines is 1. The van der Waals surface area contributed by atoms with Crippen LogP contribution in [0.25, 0.3) is 0 Å². The number of nitrogens with one attached hydrogen (secondary N) is 3. The van der Waals surface area contributed by atoms with Crippen LogP contribution in [0.4, 0.5) is 17.5 Å². The Morgan fingerprint density at radius 3 is 2.44 bits per heavy atom. The number of benzene rings is 1. The first-order valence-corrected chi connectivity index (χ1v) is 12.9. The minimum absolute atomic E-state index is 0.0187. The molecule has 0 radical (unpaired) electrons. The van der Waals surface area contributed by atoms with E-state index >= 15 is 0 Å². The number of rotatable bonds is 8. The SMILES string of the molecule is CC(=O)Nc1nc2c(c(=O)[nH]1)N(C(=O)c1ccc[n+](Cc3ccccc3)c1)C(C(OC(C)=O)C(C)OC(C)=O)CN2. The van der Waals surface area contributed by atoms with Crippen LogP contribution in [-0.4, -0.2) is 58.5 Å². The van der Waals surface area contributed by atoms with Gasteiger partial charge < -0.3 is 14.8 Å². The van der Waals surface area contributed by atoms with E-state index in [0.717, 1.165) is 5.56 Å². The number of anilines is 3. The average molecular weight is 564 g/mol. The molecule has 3 heterocycles. The lowest BCUT2D eigenvalue weighted by Gasteiger charge is -2.41. The number of pyridine rings is 1. The van der Waals surface area contributed by atoms with Crippen LogP contribution in [0.3, 0.4) is 0 Å². The first kappa shape index (κ1) is 28.9. The lowest BCUT2D eigenvalue weighted by Crippen LogP contribution is -2.59. The van der Waals surface area contributed by atoms with Crippen molar-refractivity contribution in [2.45, 2.75) is 52.5 Å². The Bertz CT molecular complexity index is 1520. The maximum Gasteiger partial charge on any atom is 0.303 e. The number of amides is 2.